The highest BCUT2D eigenvalue weighted by Crippen LogP contribution is 2.24. The van der Waals surface area contributed by atoms with Gasteiger partial charge in [-0.3, -0.25) is 0 Å². The van der Waals surface area contributed by atoms with E-state index >= 15 is 0 Å². The van der Waals surface area contributed by atoms with E-state index in [9.17, 15) is 4.39 Å². The third kappa shape index (κ3) is 1.95. The van der Waals surface area contributed by atoms with Gasteiger partial charge in [0.25, 0.3) is 3.90 Å². The molecule has 0 bridgehead atoms. The third-order valence-corrected chi connectivity index (χ3v) is 2.61. The lowest BCUT2D eigenvalue weighted by atomic mass is 10.2. The maximum absolute atomic E-state index is 12.9. The average molecular weight is 369 g/mol. The van der Waals surface area contributed by atoms with Crippen LogP contribution in [0.1, 0.15) is 0 Å². The standard InChI is InChI=1S/C8H3BrFIN2O/c9-5-3-4(1-2-6(5)10)7-12-13-8(11)14-7/h1-3H. The number of hydrogen-bond donors (Lipinski definition) is 0. The Bertz CT molecular complexity index is 474. The maximum atomic E-state index is 12.9. The molecule has 72 valence electrons. The van der Waals surface area contributed by atoms with Crippen molar-refractivity contribution >= 4 is 38.5 Å². The second kappa shape index (κ2) is 3.93. The van der Waals surface area contributed by atoms with Crippen LogP contribution in [0.3, 0.4) is 0 Å². The van der Waals surface area contributed by atoms with Gasteiger partial charge in [0.2, 0.25) is 5.89 Å². The first kappa shape index (κ1) is 10.0. The van der Waals surface area contributed by atoms with Crippen molar-refractivity contribution in [2.75, 3.05) is 0 Å². The molecule has 0 N–H and O–H groups in total. The zero-order chi connectivity index (χ0) is 10.1. The smallest absolute Gasteiger partial charge is 0.278 e. The van der Waals surface area contributed by atoms with Gasteiger partial charge >= 0.3 is 0 Å². The molecule has 14 heavy (non-hydrogen) atoms. The molecule has 0 atom stereocenters. The van der Waals surface area contributed by atoms with E-state index in [4.69, 9.17) is 4.42 Å². The first-order chi connectivity index (χ1) is 6.66. The Morgan fingerprint density at radius 3 is 2.71 bits per heavy atom. The highest BCUT2D eigenvalue weighted by atomic mass is 127. The fourth-order valence-electron chi connectivity index (χ4n) is 0.951. The van der Waals surface area contributed by atoms with Crippen molar-refractivity contribution in [1.29, 1.82) is 0 Å². The normalized spacial score (nSPS) is 10.5. The molecule has 1 aromatic carbocycles. The zero-order valence-electron chi connectivity index (χ0n) is 6.67. The average Bonchev–Trinajstić information content (AvgIpc) is 2.57. The van der Waals surface area contributed by atoms with E-state index in [1.165, 1.54) is 6.07 Å². The second-order valence-corrected chi connectivity index (χ2v) is 4.27. The van der Waals surface area contributed by atoms with Crippen molar-refractivity contribution in [3.05, 3.63) is 32.4 Å². The lowest BCUT2D eigenvalue weighted by Gasteiger charge is -1.96. The van der Waals surface area contributed by atoms with Crippen LogP contribution in [0.4, 0.5) is 4.39 Å². The predicted molar refractivity (Wildman–Crippen MR) is 60.1 cm³/mol. The van der Waals surface area contributed by atoms with Crippen LogP contribution in [0, 0.1) is 9.71 Å². The van der Waals surface area contributed by atoms with E-state index in [0.29, 0.717) is 19.8 Å². The number of benzene rings is 1. The van der Waals surface area contributed by atoms with Gasteiger partial charge in [-0.1, -0.05) is 0 Å². The molecular formula is C8H3BrFIN2O. The van der Waals surface area contributed by atoms with Crippen molar-refractivity contribution in [1.82, 2.24) is 10.2 Å². The van der Waals surface area contributed by atoms with Crippen LogP contribution in [0.15, 0.2) is 27.1 Å². The molecule has 0 aliphatic heterocycles. The Hall–Kier alpha value is -0.500. The summed E-state index contributed by atoms with van der Waals surface area (Å²) in [6.07, 6.45) is 0. The number of aromatic nitrogens is 2. The second-order valence-electron chi connectivity index (χ2n) is 2.49. The topological polar surface area (TPSA) is 38.9 Å². The Balaban J connectivity index is 2.47. The Labute approximate surface area is 101 Å². The molecule has 1 aromatic heterocycles. The summed E-state index contributed by atoms with van der Waals surface area (Å²) in [5.41, 5.74) is 0.689. The maximum Gasteiger partial charge on any atom is 0.278 e. The SMILES string of the molecule is Fc1ccc(-c2nnc(I)o2)cc1Br. The van der Waals surface area contributed by atoms with E-state index in [2.05, 4.69) is 26.1 Å². The Kier molecular flexibility index (Phi) is 2.82. The first-order valence-corrected chi connectivity index (χ1v) is 5.48. The lowest BCUT2D eigenvalue weighted by molar-refractivity contribution is 0.536. The molecule has 3 nitrogen and oxygen atoms in total. The lowest BCUT2D eigenvalue weighted by Crippen LogP contribution is -1.81. The van der Waals surface area contributed by atoms with E-state index in [0.717, 1.165) is 0 Å². The molecule has 0 amide bonds. The van der Waals surface area contributed by atoms with Gasteiger partial charge in [0.1, 0.15) is 5.82 Å². The predicted octanol–water partition coefficient (Wildman–Crippen LogP) is 3.24. The molecule has 0 saturated carbocycles. The van der Waals surface area contributed by atoms with Crippen molar-refractivity contribution < 1.29 is 8.81 Å². The number of halogens is 3. The molecule has 1 heterocycles. The van der Waals surface area contributed by atoms with Crippen LogP contribution in [0.2, 0.25) is 0 Å². The van der Waals surface area contributed by atoms with E-state index in [1.54, 1.807) is 12.1 Å². The van der Waals surface area contributed by atoms with Crippen LogP contribution in [-0.4, -0.2) is 10.2 Å². The van der Waals surface area contributed by atoms with Crippen molar-refractivity contribution in [2.45, 2.75) is 0 Å². The van der Waals surface area contributed by atoms with Crippen LogP contribution >= 0.6 is 38.5 Å². The molecule has 0 aliphatic rings. The summed E-state index contributed by atoms with van der Waals surface area (Å²) in [6.45, 7) is 0. The monoisotopic (exact) mass is 368 g/mol. The van der Waals surface area contributed by atoms with Crippen LogP contribution in [-0.2, 0) is 0 Å². The molecule has 0 fully saturated rings. The van der Waals surface area contributed by atoms with Crippen LogP contribution in [0.25, 0.3) is 11.5 Å². The minimum absolute atomic E-state index is 0.317. The van der Waals surface area contributed by atoms with Gasteiger partial charge in [0.15, 0.2) is 0 Å². The van der Waals surface area contributed by atoms with E-state index < -0.39 is 0 Å². The highest BCUT2D eigenvalue weighted by Gasteiger charge is 2.08. The summed E-state index contributed by atoms with van der Waals surface area (Å²) in [6, 6.07) is 4.53. The quantitative estimate of drug-likeness (QED) is 0.725. The summed E-state index contributed by atoms with van der Waals surface area (Å²) >= 11 is 5.00. The zero-order valence-corrected chi connectivity index (χ0v) is 10.4. The van der Waals surface area contributed by atoms with Gasteiger partial charge in [-0.25, -0.2) is 4.39 Å². The summed E-state index contributed by atoms with van der Waals surface area (Å²) < 4.78 is 18.9. The molecule has 0 unspecified atom stereocenters. The molecule has 0 saturated heterocycles. The van der Waals surface area contributed by atoms with Gasteiger partial charge < -0.3 is 4.42 Å². The molecule has 0 aliphatic carbocycles. The van der Waals surface area contributed by atoms with Gasteiger partial charge in [-0.2, -0.15) is 0 Å². The molecule has 0 radical (unpaired) electrons. The largest absolute Gasteiger partial charge is 0.412 e. The summed E-state index contributed by atoms with van der Waals surface area (Å²) in [4.78, 5) is 0. The van der Waals surface area contributed by atoms with Gasteiger partial charge in [-0.15, -0.1) is 10.2 Å². The van der Waals surface area contributed by atoms with E-state index in [1.807, 2.05) is 22.6 Å². The van der Waals surface area contributed by atoms with Gasteiger partial charge in [-0.05, 0) is 34.1 Å². The molecule has 2 aromatic rings. The number of hydrogen-bond acceptors (Lipinski definition) is 3. The number of rotatable bonds is 1. The summed E-state index contributed by atoms with van der Waals surface area (Å²) in [5, 5.41) is 7.50. The Morgan fingerprint density at radius 2 is 2.14 bits per heavy atom. The molecule has 6 heteroatoms. The van der Waals surface area contributed by atoms with Crippen molar-refractivity contribution in [2.24, 2.45) is 0 Å². The molecular weight excluding hydrogens is 366 g/mol. The van der Waals surface area contributed by atoms with Gasteiger partial charge in [0.05, 0.1) is 4.47 Å². The fraction of sp³-hybridized carbons (Fsp3) is 0. The summed E-state index contributed by atoms with van der Waals surface area (Å²) in [5.74, 6) is 0.0677. The first-order valence-electron chi connectivity index (χ1n) is 3.61. The highest BCUT2D eigenvalue weighted by molar-refractivity contribution is 14.1. The molecule has 2 rings (SSSR count). The van der Waals surface area contributed by atoms with E-state index in [-0.39, 0.29) is 5.82 Å². The third-order valence-electron chi connectivity index (χ3n) is 1.57. The number of nitrogens with zero attached hydrogens (tertiary/aromatic N) is 2. The Morgan fingerprint density at radius 1 is 1.36 bits per heavy atom. The van der Waals surface area contributed by atoms with Crippen LogP contribution < -0.4 is 0 Å². The summed E-state index contributed by atoms with van der Waals surface area (Å²) in [7, 11) is 0. The fourth-order valence-corrected chi connectivity index (χ4v) is 1.65. The van der Waals surface area contributed by atoms with Gasteiger partial charge in [0, 0.05) is 28.2 Å². The minimum Gasteiger partial charge on any atom is -0.412 e. The van der Waals surface area contributed by atoms with Crippen LogP contribution in [0.5, 0.6) is 0 Å². The van der Waals surface area contributed by atoms with Crippen molar-refractivity contribution in [3.63, 3.8) is 0 Å². The minimum atomic E-state index is -0.317. The van der Waals surface area contributed by atoms with Crippen molar-refractivity contribution in [3.8, 4) is 11.5 Å². The molecule has 0 spiro atoms.